The van der Waals surface area contributed by atoms with Crippen molar-refractivity contribution in [3.63, 3.8) is 0 Å². The molecule has 1 fully saturated rings. The van der Waals surface area contributed by atoms with E-state index in [9.17, 15) is 4.79 Å². The van der Waals surface area contributed by atoms with Gasteiger partial charge in [0, 0.05) is 12.5 Å². The average Bonchev–Trinajstić information content (AvgIpc) is 2.49. The Morgan fingerprint density at radius 1 is 1.48 bits per heavy atom. The molecule has 1 aromatic carbocycles. The SMILES string of the molecule is Cc1ccc(C)c(C2CN(C(=O)C(C)CN)C(C)CO2)c1. The van der Waals surface area contributed by atoms with Gasteiger partial charge in [-0.2, -0.15) is 0 Å². The fourth-order valence-corrected chi connectivity index (χ4v) is 2.74. The van der Waals surface area contributed by atoms with Gasteiger partial charge < -0.3 is 15.4 Å². The van der Waals surface area contributed by atoms with Crippen LogP contribution in [0.3, 0.4) is 0 Å². The Labute approximate surface area is 127 Å². The second-order valence-corrected chi connectivity index (χ2v) is 6.16. The predicted octanol–water partition coefficient (Wildman–Crippen LogP) is 2.19. The van der Waals surface area contributed by atoms with E-state index < -0.39 is 0 Å². The Balaban J connectivity index is 2.20. The second kappa shape index (κ2) is 6.58. The highest BCUT2D eigenvalue weighted by molar-refractivity contribution is 5.79. The molecule has 1 aromatic rings. The van der Waals surface area contributed by atoms with Crippen molar-refractivity contribution in [2.24, 2.45) is 11.7 Å². The molecule has 1 saturated heterocycles. The molecule has 116 valence electrons. The van der Waals surface area contributed by atoms with Gasteiger partial charge in [0.05, 0.1) is 19.2 Å². The number of nitrogens with zero attached hydrogens (tertiary/aromatic N) is 1. The van der Waals surface area contributed by atoms with Crippen molar-refractivity contribution in [3.05, 3.63) is 34.9 Å². The van der Waals surface area contributed by atoms with Crippen molar-refractivity contribution in [2.75, 3.05) is 19.7 Å². The van der Waals surface area contributed by atoms with Crippen LogP contribution in [0.25, 0.3) is 0 Å². The molecule has 0 radical (unpaired) electrons. The van der Waals surface area contributed by atoms with Gasteiger partial charge in [-0.25, -0.2) is 0 Å². The van der Waals surface area contributed by atoms with Crippen LogP contribution in [0.15, 0.2) is 18.2 Å². The lowest BCUT2D eigenvalue weighted by Crippen LogP contribution is -2.51. The summed E-state index contributed by atoms with van der Waals surface area (Å²) in [5.74, 6) is -0.00610. The number of hydrogen-bond acceptors (Lipinski definition) is 3. The van der Waals surface area contributed by atoms with Gasteiger partial charge in [-0.3, -0.25) is 4.79 Å². The van der Waals surface area contributed by atoms with E-state index in [-0.39, 0.29) is 24.0 Å². The van der Waals surface area contributed by atoms with Crippen molar-refractivity contribution in [3.8, 4) is 0 Å². The van der Waals surface area contributed by atoms with Crippen LogP contribution in [0, 0.1) is 19.8 Å². The maximum atomic E-state index is 12.5. The summed E-state index contributed by atoms with van der Waals surface area (Å²) < 4.78 is 5.98. The van der Waals surface area contributed by atoms with Gasteiger partial charge in [0.15, 0.2) is 0 Å². The molecule has 0 bridgehead atoms. The number of ether oxygens (including phenoxy) is 1. The zero-order valence-electron chi connectivity index (χ0n) is 13.4. The number of nitrogens with two attached hydrogens (primary N) is 1. The van der Waals surface area contributed by atoms with Crippen LogP contribution in [0.4, 0.5) is 0 Å². The van der Waals surface area contributed by atoms with E-state index in [4.69, 9.17) is 10.5 Å². The van der Waals surface area contributed by atoms with Gasteiger partial charge in [0.25, 0.3) is 0 Å². The molecule has 0 saturated carbocycles. The first-order valence-electron chi connectivity index (χ1n) is 7.63. The van der Waals surface area contributed by atoms with Crippen LogP contribution in [0.1, 0.15) is 36.6 Å². The normalized spacial score (nSPS) is 24.0. The number of morpholine rings is 1. The number of aryl methyl sites for hydroxylation is 2. The van der Waals surface area contributed by atoms with Gasteiger partial charge in [-0.1, -0.05) is 30.7 Å². The number of hydrogen-bond donors (Lipinski definition) is 1. The van der Waals surface area contributed by atoms with Crippen molar-refractivity contribution in [2.45, 2.75) is 39.8 Å². The first-order valence-corrected chi connectivity index (χ1v) is 7.63. The average molecular weight is 290 g/mol. The lowest BCUT2D eigenvalue weighted by atomic mass is 9.98. The third kappa shape index (κ3) is 3.44. The molecule has 1 aliphatic heterocycles. The van der Waals surface area contributed by atoms with Crippen LogP contribution >= 0.6 is 0 Å². The molecule has 0 aromatic heterocycles. The number of carbonyl (C=O) groups is 1. The minimum absolute atomic E-state index is 0.0463. The van der Waals surface area contributed by atoms with Crippen molar-refractivity contribution < 1.29 is 9.53 Å². The molecule has 0 aliphatic carbocycles. The van der Waals surface area contributed by atoms with Gasteiger partial charge in [-0.15, -0.1) is 0 Å². The fraction of sp³-hybridized carbons (Fsp3) is 0.588. The molecule has 3 atom stereocenters. The second-order valence-electron chi connectivity index (χ2n) is 6.16. The van der Waals surface area contributed by atoms with E-state index in [0.717, 1.165) is 0 Å². The lowest BCUT2D eigenvalue weighted by Gasteiger charge is -2.39. The maximum Gasteiger partial charge on any atom is 0.227 e. The van der Waals surface area contributed by atoms with E-state index in [1.807, 2.05) is 18.7 Å². The fourth-order valence-electron chi connectivity index (χ4n) is 2.74. The number of amides is 1. The Morgan fingerprint density at radius 3 is 2.86 bits per heavy atom. The Kier molecular flexibility index (Phi) is 5.01. The minimum atomic E-state index is -0.134. The summed E-state index contributed by atoms with van der Waals surface area (Å²) in [7, 11) is 0. The highest BCUT2D eigenvalue weighted by Crippen LogP contribution is 2.28. The molecule has 3 unspecified atom stereocenters. The molecule has 1 amide bonds. The van der Waals surface area contributed by atoms with Crippen LogP contribution < -0.4 is 5.73 Å². The van der Waals surface area contributed by atoms with Crippen molar-refractivity contribution in [1.29, 1.82) is 0 Å². The first kappa shape index (κ1) is 16.0. The highest BCUT2D eigenvalue weighted by Gasteiger charge is 2.32. The maximum absolute atomic E-state index is 12.5. The topological polar surface area (TPSA) is 55.6 Å². The third-order valence-electron chi connectivity index (χ3n) is 4.27. The summed E-state index contributed by atoms with van der Waals surface area (Å²) in [6.45, 7) is 9.64. The molecule has 2 N–H and O–H groups in total. The van der Waals surface area contributed by atoms with Crippen molar-refractivity contribution >= 4 is 5.91 Å². The van der Waals surface area contributed by atoms with Gasteiger partial charge >= 0.3 is 0 Å². The van der Waals surface area contributed by atoms with Crippen LogP contribution in [0.2, 0.25) is 0 Å². The smallest absolute Gasteiger partial charge is 0.227 e. The summed E-state index contributed by atoms with van der Waals surface area (Å²) in [5, 5.41) is 0. The molecule has 1 aliphatic rings. The van der Waals surface area contributed by atoms with E-state index in [2.05, 4.69) is 32.0 Å². The molecule has 21 heavy (non-hydrogen) atoms. The van der Waals surface area contributed by atoms with Gasteiger partial charge in [0.1, 0.15) is 6.10 Å². The summed E-state index contributed by atoms with van der Waals surface area (Å²) in [5.41, 5.74) is 9.24. The highest BCUT2D eigenvalue weighted by atomic mass is 16.5. The monoisotopic (exact) mass is 290 g/mol. The number of rotatable bonds is 3. The van der Waals surface area contributed by atoms with Gasteiger partial charge in [-0.05, 0) is 31.9 Å². The minimum Gasteiger partial charge on any atom is -0.370 e. The number of benzene rings is 1. The number of carbonyl (C=O) groups excluding carboxylic acids is 1. The van der Waals surface area contributed by atoms with Crippen LogP contribution in [-0.2, 0) is 9.53 Å². The molecule has 4 nitrogen and oxygen atoms in total. The van der Waals surface area contributed by atoms with Crippen molar-refractivity contribution in [1.82, 2.24) is 4.90 Å². The molecule has 0 spiro atoms. The van der Waals surface area contributed by atoms with Gasteiger partial charge in [0.2, 0.25) is 5.91 Å². The molecular weight excluding hydrogens is 264 g/mol. The quantitative estimate of drug-likeness (QED) is 0.928. The summed E-state index contributed by atoms with van der Waals surface area (Å²) in [4.78, 5) is 14.4. The van der Waals surface area contributed by atoms with Crippen LogP contribution in [0.5, 0.6) is 0 Å². The van der Waals surface area contributed by atoms with E-state index >= 15 is 0 Å². The van der Waals surface area contributed by atoms with E-state index in [1.165, 1.54) is 16.7 Å². The third-order valence-corrected chi connectivity index (χ3v) is 4.27. The lowest BCUT2D eigenvalue weighted by molar-refractivity contribution is -0.148. The first-order chi connectivity index (χ1) is 9.93. The molecular formula is C17H26N2O2. The zero-order chi connectivity index (χ0) is 15.6. The standard InChI is InChI=1S/C17H26N2O2/c1-11-5-6-12(2)15(7-11)16-9-19(14(4)10-21-16)17(20)13(3)8-18/h5-7,13-14,16H,8-10,18H2,1-4H3. The Hall–Kier alpha value is -1.39. The summed E-state index contributed by atoms with van der Waals surface area (Å²) in [6, 6.07) is 6.47. The summed E-state index contributed by atoms with van der Waals surface area (Å²) >= 11 is 0. The zero-order valence-corrected chi connectivity index (χ0v) is 13.4. The summed E-state index contributed by atoms with van der Waals surface area (Å²) in [6.07, 6.45) is -0.0463. The molecule has 2 rings (SSSR count). The van der Waals surface area contributed by atoms with E-state index in [1.54, 1.807) is 0 Å². The van der Waals surface area contributed by atoms with Crippen LogP contribution in [-0.4, -0.2) is 36.5 Å². The predicted molar refractivity (Wildman–Crippen MR) is 84.0 cm³/mol. The largest absolute Gasteiger partial charge is 0.370 e. The Bertz CT molecular complexity index is 516. The van der Waals surface area contributed by atoms with E-state index in [0.29, 0.717) is 19.7 Å². The molecule has 1 heterocycles. The Morgan fingerprint density at radius 2 is 2.19 bits per heavy atom. The molecule has 4 heteroatoms.